The first-order valence-electron chi connectivity index (χ1n) is 7.01. The standard InChI is InChI=1S/C18H11F3N2O/c19-15-9-17(21)16(20)8-14(15)10-22-23-18(24)13-6-5-11-3-1-2-4-12(11)7-13/h1-10H,(H,23,24). The average molecular weight is 328 g/mol. The average Bonchev–Trinajstić information content (AvgIpc) is 2.58. The number of hydrogen-bond acceptors (Lipinski definition) is 2. The van der Waals surface area contributed by atoms with Gasteiger partial charge in [0.15, 0.2) is 11.6 Å². The molecular weight excluding hydrogens is 317 g/mol. The van der Waals surface area contributed by atoms with E-state index in [1.807, 2.05) is 24.3 Å². The molecule has 0 aliphatic carbocycles. The van der Waals surface area contributed by atoms with Crippen LogP contribution in [-0.2, 0) is 0 Å². The Morgan fingerprint density at radius 2 is 1.58 bits per heavy atom. The number of fused-ring (bicyclic) bond motifs is 1. The molecule has 0 heterocycles. The maximum absolute atomic E-state index is 13.4. The summed E-state index contributed by atoms with van der Waals surface area (Å²) in [4.78, 5) is 12.0. The van der Waals surface area contributed by atoms with Gasteiger partial charge >= 0.3 is 0 Å². The zero-order chi connectivity index (χ0) is 17.1. The molecule has 0 spiro atoms. The maximum atomic E-state index is 13.4. The summed E-state index contributed by atoms with van der Waals surface area (Å²) in [5, 5.41) is 5.45. The quantitative estimate of drug-likeness (QED) is 0.440. The van der Waals surface area contributed by atoms with Crippen LogP contribution >= 0.6 is 0 Å². The van der Waals surface area contributed by atoms with Crippen LogP contribution in [-0.4, -0.2) is 12.1 Å². The molecule has 0 fully saturated rings. The minimum atomic E-state index is -1.29. The Bertz CT molecular complexity index is 954. The van der Waals surface area contributed by atoms with Gasteiger partial charge in [-0.05, 0) is 29.0 Å². The van der Waals surface area contributed by atoms with Crippen molar-refractivity contribution in [2.45, 2.75) is 0 Å². The highest BCUT2D eigenvalue weighted by atomic mass is 19.2. The highest BCUT2D eigenvalue weighted by molar-refractivity contribution is 5.98. The number of nitrogens with one attached hydrogen (secondary N) is 1. The zero-order valence-corrected chi connectivity index (χ0v) is 12.3. The summed E-state index contributed by atoms with van der Waals surface area (Å²) in [5.41, 5.74) is 2.32. The van der Waals surface area contributed by atoms with Crippen molar-refractivity contribution in [1.82, 2.24) is 5.43 Å². The first-order chi connectivity index (χ1) is 11.5. The van der Waals surface area contributed by atoms with Crippen LogP contribution in [0.25, 0.3) is 10.8 Å². The molecule has 0 radical (unpaired) electrons. The number of halogens is 3. The second-order valence-electron chi connectivity index (χ2n) is 5.05. The fraction of sp³-hybridized carbons (Fsp3) is 0. The van der Waals surface area contributed by atoms with Crippen molar-refractivity contribution in [3.05, 3.63) is 83.2 Å². The van der Waals surface area contributed by atoms with Gasteiger partial charge in [-0.25, -0.2) is 18.6 Å². The second-order valence-corrected chi connectivity index (χ2v) is 5.05. The van der Waals surface area contributed by atoms with E-state index < -0.39 is 23.4 Å². The third-order valence-corrected chi connectivity index (χ3v) is 3.42. The summed E-state index contributed by atoms with van der Waals surface area (Å²) in [7, 11) is 0. The van der Waals surface area contributed by atoms with E-state index in [2.05, 4.69) is 10.5 Å². The lowest BCUT2D eigenvalue weighted by atomic mass is 10.1. The molecule has 1 amide bonds. The molecule has 3 nitrogen and oxygen atoms in total. The Morgan fingerprint density at radius 3 is 2.38 bits per heavy atom. The van der Waals surface area contributed by atoms with Gasteiger partial charge in [-0.15, -0.1) is 0 Å². The number of nitrogens with zero attached hydrogens (tertiary/aromatic N) is 1. The van der Waals surface area contributed by atoms with Gasteiger partial charge in [0.2, 0.25) is 0 Å². The number of carbonyl (C=O) groups is 1. The summed E-state index contributed by atoms with van der Waals surface area (Å²) in [6.07, 6.45) is 0.913. The van der Waals surface area contributed by atoms with Crippen molar-refractivity contribution >= 4 is 22.9 Å². The van der Waals surface area contributed by atoms with Gasteiger partial charge in [0.05, 0.1) is 6.21 Å². The van der Waals surface area contributed by atoms with E-state index in [9.17, 15) is 18.0 Å². The van der Waals surface area contributed by atoms with Crippen LogP contribution in [0.3, 0.4) is 0 Å². The third-order valence-electron chi connectivity index (χ3n) is 3.42. The molecule has 3 aromatic carbocycles. The summed E-state index contributed by atoms with van der Waals surface area (Å²) < 4.78 is 39.3. The van der Waals surface area contributed by atoms with Gasteiger partial charge in [-0.1, -0.05) is 30.3 Å². The van der Waals surface area contributed by atoms with E-state index in [0.717, 1.165) is 17.0 Å². The SMILES string of the molecule is O=C(NN=Cc1cc(F)c(F)cc1F)c1ccc2ccccc2c1. The molecule has 3 aromatic rings. The summed E-state index contributed by atoms with van der Waals surface area (Å²) in [6, 6.07) is 13.7. The lowest BCUT2D eigenvalue weighted by Gasteiger charge is -2.03. The van der Waals surface area contributed by atoms with Gasteiger partial charge in [-0.2, -0.15) is 5.10 Å². The van der Waals surface area contributed by atoms with Crippen LogP contribution in [0.15, 0.2) is 59.7 Å². The summed E-state index contributed by atoms with van der Waals surface area (Å²) >= 11 is 0. The van der Waals surface area contributed by atoms with Crippen molar-refractivity contribution in [2.24, 2.45) is 5.10 Å². The zero-order valence-electron chi connectivity index (χ0n) is 12.3. The molecule has 24 heavy (non-hydrogen) atoms. The number of hydrazone groups is 1. The number of amides is 1. The van der Waals surface area contributed by atoms with Gasteiger partial charge in [0, 0.05) is 17.2 Å². The van der Waals surface area contributed by atoms with E-state index in [4.69, 9.17) is 0 Å². The molecule has 0 unspecified atom stereocenters. The van der Waals surface area contributed by atoms with Crippen molar-refractivity contribution in [1.29, 1.82) is 0 Å². The number of rotatable bonds is 3. The van der Waals surface area contributed by atoms with E-state index in [1.165, 1.54) is 0 Å². The maximum Gasteiger partial charge on any atom is 0.271 e. The van der Waals surface area contributed by atoms with Crippen molar-refractivity contribution in [3.8, 4) is 0 Å². The summed E-state index contributed by atoms with van der Waals surface area (Å²) in [5.74, 6) is -3.96. The predicted octanol–water partition coefficient (Wildman–Crippen LogP) is 4.02. The van der Waals surface area contributed by atoms with Crippen molar-refractivity contribution in [2.75, 3.05) is 0 Å². The molecule has 0 saturated heterocycles. The van der Waals surface area contributed by atoms with Gasteiger partial charge in [0.25, 0.3) is 5.91 Å². The van der Waals surface area contributed by atoms with Crippen LogP contribution in [0.1, 0.15) is 15.9 Å². The van der Waals surface area contributed by atoms with Crippen molar-refractivity contribution < 1.29 is 18.0 Å². The molecular formula is C18H11F3N2O. The van der Waals surface area contributed by atoms with Gasteiger partial charge < -0.3 is 0 Å². The Labute approximate surface area is 135 Å². The largest absolute Gasteiger partial charge is 0.271 e. The molecule has 6 heteroatoms. The predicted molar refractivity (Wildman–Crippen MR) is 85.3 cm³/mol. The van der Waals surface area contributed by atoms with Gasteiger partial charge in [0.1, 0.15) is 5.82 Å². The number of hydrogen-bond donors (Lipinski definition) is 1. The first-order valence-corrected chi connectivity index (χ1v) is 7.01. The van der Waals surface area contributed by atoms with E-state index in [-0.39, 0.29) is 5.56 Å². The van der Waals surface area contributed by atoms with Crippen LogP contribution in [0.2, 0.25) is 0 Å². The molecule has 0 aliphatic heterocycles. The molecule has 0 atom stereocenters. The van der Waals surface area contributed by atoms with E-state index >= 15 is 0 Å². The Balaban J connectivity index is 1.76. The molecule has 1 N–H and O–H groups in total. The second kappa shape index (κ2) is 6.54. The van der Waals surface area contributed by atoms with E-state index in [1.54, 1.807) is 18.2 Å². The van der Waals surface area contributed by atoms with Crippen LogP contribution in [0.4, 0.5) is 13.2 Å². The molecule has 3 rings (SSSR count). The van der Waals surface area contributed by atoms with Crippen LogP contribution in [0.5, 0.6) is 0 Å². The third kappa shape index (κ3) is 3.27. The first kappa shape index (κ1) is 15.7. The molecule has 0 aliphatic rings. The lowest BCUT2D eigenvalue weighted by Crippen LogP contribution is -2.17. The van der Waals surface area contributed by atoms with Crippen LogP contribution in [0, 0.1) is 17.5 Å². The minimum absolute atomic E-state index is 0.271. The minimum Gasteiger partial charge on any atom is -0.267 e. The Hall–Kier alpha value is -3.15. The summed E-state index contributed by atoms with van der Waals surface area (Å²) in [6.45, 7) is 0. The molecule has 0 aromatic heterocycles. The van der Waals surface area contributed by atoms with Crippen LogP contribution < -0.4 is 5.43 Å². The number of carbonyl (C=O) groups excluding carboxylic acids is 1. The molecule has 0 saturated carbocycles. The molecule has 0 bridgehead atoms. The Kier molecular flexibility index (Phi) is 4.29. The normalized spacial score (nSPS) is 11.1. The number of benzene rings is 3. The highest BCUT2D eigenvalue weighted by Crippen LogP contribution is 2.15. The highest BCUT2D eigenvalue weighted by Gasteiger charge is 2.09. The smallest absolute Gasteiger partial charge is 0.267 e. The Morgan fingerprint density at radius 1 is 0.875 bits per heavy atom. The fourth-order valence-electron chi connectivity index (χ4n) is 2.19. The fourth-order valence-corrected chi connectivity index (χ4v) is 2.19. The topological polar surface area (TPSA) is 41.5 Å². The lowest BCUT2D eigenvalue weighted by molar-refractivity contribution is 0.0955. The van der Waals surface area contributed by atoms with E-state index in [0.29, 0.717) is 17.7 Å². The van der Waals surface area contributed by atoms with Crippen molar-refractivity contribution in [3.63, 3.8) is 0 Å². The van der Waals surface area contributed by atoms with Gasteiger partial charge in [-0.3, -0.25) is 4.79 Å². The monoisotopic (exact) mass is 328 g/mol. The molecule has 120 valence electrons.